The van der Waals surface area contributed by atoms with Gasteiger partial charge in [0.25, 0.3) is 0 Å². The van der Waals surface area contributed by atoms with E-state index in [1.807, 2.05) is 26.0 Å². The Labute approximate surface area is 218 Å². The Balaban J connectivity index is 2.17. The number of nitrogens with one attached hydrogen (secondary N) is 1. The van der Waals surface area contributed by atoms with Crippen LogP contribution in [0.2, 0.25) is 10.0 Å². The summed E-state index contributed by atoms with van der Waals surface area (Å²) in [5.41, 5.74) is 1.16. The lowest BCUT2D eigenvalue weighted by atomic mass is 10.1. The molecule has 0 saturated heterocycles. The highest BCUT2D eigenvalue weighted by molar-refractivity contribution is 7.92. The molecule has 2 aromatic rings. The number of nitrogens with zero attached hydrogens (tertiary/aromatic N) is 2. The molecule has 2 aromatic carbocycles. The standard InChI is InChI=1S/C25H33Cl2N3O4S/c1-18(2)16-28-25(32)19(3)29(17-20-9-5-6-12-23(20)27)24(31)13-8-14-30(35(4,33)34)22-11-7-10-21(26)15-22/h5-7,9-12,15,18-19H,8,13-14,16-17H2,1-4H3,(H,28,32)/t19-/m0/s1. The molecular weight excluding hydrogens is 509 g/mol. The third-order valence-electron chi connectivity index (χ3n) is 5.40. The van der Waals surface area contributed by atoms with Gasteiger partial charge in [-0.05, 0) is 49.1 Å². The number of hydrogen-bond acceptors (Lipinski definition) is 4. The second-order valence-electron chi connectivity index (χ2n) is 8.85. The van der Waals surface area contributed by atoms with E-state index < -0.39 is 16.1 Å². The minimum Gasteiger partial charge on any atom is -0.354 e. The van der Waals surface area contributed by atoms with Crippen LogP contribution in [0.1, 0.15) is 39.2 Å². The average molecular weight is 543 g/mol. The molecule has 0 radical (unpaired) electrons. The van der Waals surface area contributed by atoms with Gasteiger partial charge in [-0.3, -0.25) is 13.9 Å². The molecule has 0 heterocycles. The van der Waals surface area contributed by atoms with Gasteiger partial charge in [-0.2, -0.15) is 0 Å². The van der Waals surface area contributed by atoms with Crippen molar-refractivity contribution in [2.45, 2.75) is 46.2 Å². The molecule has 0 unspecified atom stereocenters. The molecule has 0 spiro atoms. The van der Waals surface area contributed by atoms with Crippen LogP contribution in [0.5, 0.6) is 0 Å². The third kappa shape index (κ3) is 9.02. The summed E-state index contributed by atoms with van der Waals surface area (Å²) in [6, 6.07) is 13.0. The van der Waals surface area contributed by atoms with Crippen LogP contribution in [0.4, 0.5) is 5.69 Å². The fraction of sp³-hybridized carbons (Fsp3) is 0.440. The van der Waals surface area contributed by atoms with Gasteiger partial charge in [0.1, 0.15) is 6.04 Å². The summed E-state index contributed by atoms with van der Waals surface area (Å²) >= 11 is 12.3. The van der Waals surface area contributed by atoms with Crippen LogP contribution in [-0.4, -0.2) is 50.5 Å². The molecule has 1 N–H and O–H groups in total. The predicted octanol–water partition coefficient (Wildman–Crippen LogP) is 4.73. The van der Waals surface area contributed by atoms with E-state index in [2.05, 4.69) is 5.32 Å². The lowest BCUT2D eigenvalue weighted by Crippen LogP contribution is -2.48. The first-order valence-corrected chi connectivity index (χ1v) is 14.0. The molecular formula is C25H33Cl2N3O4S. The van der Waals surface area contributed by atoms with Crippen LogP contribution in [0.25, 0.3) is 0 Å². The summed E-state index contributed by atoms with van der Waals surface area (Å²) in [7, 11) is -3.58. The molecule has 7 nitrogen and oxygen atoms in total. The zero-order chi connectivity index (χ0) is 26.2. The molecule has 0 aromatic heterocycles. The maximum absolute atomic E-state index is 13.3. The summed E-state index contributed by atoms with van der Waals surface area (Å²) in [6.45, 7) is 6.42. The second kappa shape index (κ2) is 13.1. The number of carbonyl (C=O) groups is 2. The van der Waals surface area contributed by atoms with E-state index in [1.165, 1.54) is 9.21 Å². The molecule has 192 valence electrons. The highest BCUT2D eigenvalue weighted by Gasteiger charge is 2.27. The summed E-state index contributed by atoms with van der Waals surface area (Å²) in [5, 5.41) is 3.79. The van der Waals surface area contributed by atoms with E-state index in [4.69, 9.17) is 23.2 Å². The van der Waals surface area contributed by atoms with Crippen molar-refractivity contribution < 1.29 is 18.0 Å². The molecule has 0 bridgehead atoms. The van der Waals surface area contributed by atoms with Crippen LogP contribution in [-0.2, 0) is 26.2 Å². The van der Waals surface area contributed by atoms with Gasteiger partial charge < -0.3 is 10.2 Å². The first kappa shape index (κ1) is 28.9. The van der Waals surface area contributed by atoms with Crippen molar-refractivity contribution >= 4 is 50.7 Å². The van der Waals surface area contributed by atoms with Gasteiger partial charge in [-0.25, -0.2) is 8.42 Å². The maximum Gasteiger partial charge on any atom is 0.242 e. The molecule has 0 fully saturated rings. The Morgan fingerprint density at radius 2 is 1.71 bits per heavy atom. The van der Waals surface area contributed by atoms with Crippen molar-refractivity contribution in [1.82, 2.24) is 10.2 Å². The number of sulfonamides is 1. The van der Waals surface area contributed by atoms with Gasteiger partial charge in [0.05, 0.1) is 11.9 Å². The van der Waals surface area contributed by atoms with Gasteiger partial charge in [0.2, 0.25) is 21.8 Å². The van der Waals surface area contributed by atoms with Crippen molar-refractivity contribution in [1.29, 1.82) is 0 Å². The molecule has 0 aliphatic carbocycles. The van der Waals surface area contributed by atoms with E-state index in [9.17, 15) is 18.0 Å². The number of hydrogen-bond donors (Lipinski definition) is 1. The molecule has 1 atom stereocenters. The molecule has 2 amide bonds. The van der Waals surface area contributed by atoms with Gasteiger partial charge in [0, 0.05) is 36.1 Å². The van der Waals surface area contributed by atoms with Crippen molar-refractivity contribution in [3.63, 3.8) is 0 Å². The van der Waals surface area contributed by atoms with Gasteiger partial charge >= 0.3 is 0 Å². The Kier molecular flexibility index (Phi) is 10.9. The highest BCUT2D eigenvalue weighted by Crippen LogP contribution is 2.23. The summed E-state index contributed by atoms with van der Waals surface area (Å²) in [5.74, 6) is -0.250. The average Bonchev–Trinajstić information content (AvgIpc) is 2.78. The van der Waals surface area contributed by atoms with Gasteiger partial charge in [0.15, 0.2) is 0 Å². The van der Waals surface area contributed by atoms with Crippen molar-refractivity contribution in [3.05, 3.63) is 64.1 Å². The molecule has 0 aliphatic rings. The van der Waals surface area contributed by atoms with Crippen LogP contribution in [0, 0.1) is 5.92 Å². The summed E-state index contributed by atoms with van der Waals surface area (Å²) < 4.78 is 26.0. The van der Waals surface area contributed by atoms with E-state index in [0.29, 0.717) is 22.3 Å². The number of anilines is 1. The fourth-order valence-electron chi connectivity index (χ4n) is 3.48. The minimum absolute atomic E-state index is 0.0544. The number of rotatable bonds is 12. The predicted molar refractivity (Wildman–Crippen MR) is 142 cm³/mol. The molecule has 0 aliphatic heterocycles. The minimum atomic E-state index is -3.58. The summed E-state index contributed by atoms with van der Waals surface area (Å²) in [6.07, 6.45) is 1.43. The van der Waals surface area contributed by atoms with Crippen molar-refractivity contribution in [2.24, 2.45) is 5.92 Å². The van der Waals surface area contributed by atoms with Crippen molar-refractivity contribution in [2.75, 3.05) is 23.7 Å². The van der Waals surface area contributed by atoms with E-state index >= 15 is 0 Å². The molecule has 0 saturated carbocycles. The monoisotopic (exact) mass is 541 g/mol. The van der Waals surface area contributed by atoms with Crippen LogP contribution in [0.3, 0.4) is 0 Å². The number of amides is 2. The zero-order valence-electron chi connectivity index (χ0n) is 20.5. The first-order chi connectivity index (χ1) is 16.4. The normalized spacial score (nSPS) is 12.3. The largest absolute Gasteiger partial charge is 0.354 e. The third-order valence-corrected chi connectivity index (χ3v) is 7.20. The van der Waals surface area contributed by atoms with Crippen LogP contribution in [0.15, 0.2) is 48.5 Å². The van der Waals surface area contributed by atoms with Crippen molar-refractivity contribution in [3.8, 4) is 0 Å². The lowest BCUT2D eigenvalue weighted by Gasteiger charge is -2.30. The zero-order valence-corrected chi connectivity index (χ0v) is 22.8. The first-order valence-electron chi connectivity index (χ1n) is 11.4. The smallest absolute Gasteiger partial charge is 0.242 e. The van der Waals surface area contributed by atoms with Gasteiger partial charge in [-0.1, -0.05) is 61.3 Å². The summed E-state index contributed by atoms with van der Waals surface area (Å²) in [4.78, 5) is 27.5. The Hall–Kier alpha value is -2.29. The molecule has 10 heteroatoms. The van der Waals surface area contributed by atoms with Crippen LogP contribution < -0.4 is 9.62 Å². The number of carbonyl (C=O) groups excluding carboxylic acids is 2. The van der Waals surface area contributed by atoms with E-state index in [0.717, 1.165) is 11.8 Å². The SMILES string of the molecule is CC(C)CNC(=O)[C@H](C)N(Cc1ccccc1Cl)C(=O)CCCN(c1cccc(Cl)c1)S(C)(=O)=O. The Bertz CT molecular complexity index is 1130. The second-order valence-corrected chi connectivity index (χ2v) is 11.6. The van der Waals surface area contributed by atoms with E-state index in [-0.39, 0.29) is 43.7 Å². The van der Waals surface area contributed by atoms with Crippen LogP contribution >= 0.6 is 23.2 Å². The topological polar surface area (TPSA) is 86.8 Å². The number of halogens is 2. The Morgan fingerprint density at radius 3 is 2.31 bits per heavy atom. The molecule has 35 heavy (non-hydrogen) atoms. The lowest BCUT2D eigenvalue weighted by molar-refractivity contribution is -0.140. The number of benzene rings is 2. The van der Waals surface area contributed by atoms with Gasteiger partial charge in [-0.15, -0.1) is 0 Å². The highest BCUT2D eigenvalue weighted by atomic mass is 35.5. The van der Waals surface area contributed by atoms with E-state index in [1.54, 1.807) is 43.3 Å². The fourth-order valence-corrected chi connectivity index (χ4v) is 4.82. The Morgan fingerprint density at radius 1 is 1.03 bits per heavy atom. The quantitative estimate of drug-likeness (QED) is 0.420. The molecule has 2 rings (SSSR count). The maximum atomic E-state index is 13.3.